The third-order valence-electron chi connectivity index (χ3n) is 6.35. The smallest absolute Gasteiger partial charge is 0.475 e. The molecule has 196 valence electrons. The topological polar surface area (TPSA) is 117 Å². The number of ether oxygens (including phenoxy) is 1. The maximum Gasteiger partial charge on any atom is 0.490 e. The summed E-state index contributed by atoms with van der Waals surface area (Å²) < 4.78 is 36.8. The first-order valence-corrected chi connectivity index (χ1v) is 12.1. The summed E-state index contributed by atoms with van der Waals surface area (Å²) in [6.07, 6.45) is -5.08. The number of thioether (sulfide) groups is 1. The van der Waals surface area contributed by atoms with Crippen LogP contribution in [-0.4, -0.2) is 81.8 Å². The van der Waals surface area contributed by atoms with Gasteiger partial charge in [0.05, 0.1) is 31.5 Å². The van der Waals surface area contributed by atoms with Gasteiger partial charge in [0.2, 0.25) is 11.8 Å². The summed E-state index contributed by atoms with van der Waals surface area (Å²) in [6.45, 7) is 4.15. The molecule has 2 saturated heterocycles. The standard InChI is InChI=1S/C20H22ClN3O4S.C2HF3O2/c1-4-23-16(25)14-13-9-22-19(29-10-11-5-7-12(21)8-6-11)24(13)20(2,18(27)28-3)15(14)17(23)26;3-2(4,5)1(6)7/h5-8,13-15H,4,9-10H2,1-3H3;(H,6,7)/t13-,14+,15-,20-;/m1./s1. The van der Waals surface area contributed by atoms with Gasteiger partial charge in [0, 0.05) is 17.3 Å². The van der Waals surface area contributed by atoms with Crippen molar-refractivity contribution in [1.82, 2.24) is 9.80 Å². The predicted molar refractivity (Wildman–Crippen MR) is 124 cm³/mol. The van der Waals surface area contributed by atoms with Crippen molar-refractivity contribution >= 4 is 52.3 Å². The number of esters is 1. The first-order valence-electron chi connectivity index (χ1n) is 10.7. The molecule has 4 rings (SSSR count). The molecule has 9 nitrogen and oxygen atoms in total. The average Bonchev–Trinajstić information content (AvgIpc) is 3.43. The minimum absolute atomic E-state index is 0.218. The number of nitrogens with zero attached hydrogens (tertiary/aromatic N) is 3. The first kappa shape index (κ1) is 27.8. The highest BCUT2D eigenvalue weighted by Crippen LogP contribution is 2.52. The Labute approximate surface area is 213 Å². The summed E-state index contributed by atoms with van der Waals surface area (Å²) in [5, 5.41) is 8.45. The van der Waals surface area contributed by atoms with Crippen molar-refractivity contribution in [3.63, 3.8) is 0 Å². The molecule has 4 atom stereocenters. The lowest BCUT2D eigenvalue weighted by molar-refractivity contribution is -0.192. The SMILES string of the molecule is CCN1C(=O)[C@H]2[C@H]3CN=C(SCc4ccc(Cl)cc4)N3[C@@](C)(C(=O)OC)[C@H]2C1=O.O=C(O)C(F)(F)F. The lowest BCUT2D eigenvalue weighted by Crippen LogP contribution is -2.57. The van der Waals surface area contributed by atoms with E-state index in [2.05, 4.69) is 4.99 Å². The quantitative estimate of drug-likeness (QED) is 0.450. The van der Waals surface area contributed by atoms with E-state index in [4.69, 9.17) is 26.2 Å². The minimum atomic E-state index is -5.08. The van der Waals surface area contributed by atoms with E-state index in [9.17, 15) is 27.6 Å². The van der Waals surface area contributed by atoms with Crippen molar-refractivity contribution in [2.75, 3.05) is 20.2 Å². The third kappa shape index (κ3) is 4.77. The summed E-state index contributed by atoms with van der Waals surface area (Å²) in [5.74, 6) is -4.49. The molecule has 0 radical (unpaired) electrons. The number of halogens is 4. The van der Waals surface area contributed by atoms with Gasteiger partial charge in [0.1, 0.15) is 5.54 Å². The molecule has 1 N–H and O–H groups in total. The van der Waals surface area contributed by atoms with Crippen molar-refractivity contribution in [2.24, 2.45) is 16.8 Å². The van der Waals surface area contributed by atoms with Crippen LogP contribution >= 0.6 is 23.4 Å². The molecule has 0 aliphatic carbocycles. The van der Waals surface area contributed by atoms with Crippen molar-refractivity contribution in [3.8, 4) is 0 Å². The molecule has 1 aromatic carbocycles. The summed E-state index contributed by atoms with van der Waals surface area (Å²) in [6, 6.07) is 7.21. The van der Waals surface area contributed by atoms with Crippen molar-refractivity contribution in [3.05, 3.63) is 34.9 Å². The van der Waals surface area contributed by atoms with Gasteiger partial charge in [-0.05, 0) is 31.5 Å². The van der Waals surface area contributed by atoms with Crippen LogP contribution in [-0.2, 0) is 29.7 Å². The monoisotopic (exact) mass is 549 g/mol. The van der Waals surface area contributed by atoms with Crippen LogP contribution in [0.5, 0.6) is 0 Å². The number of amidine groups is 1. The average molecular weight is 550 g/mol. The second kappa shape index (κ2) is 10.3. The van der Waals surface area contributed by atoms with E-state index in [1.807, 2.05) is 29.2 Å². The number of rotatable bonds is 4. The highest BCUT2D eigenvalue weighted by atomic mass is 35.5. The van der Waals surface area contributed by atoms with Crippen molar-refractivity contribution < 1.29 is 42.2 Å². The molecule has 2 amide bonds. The van der Waals surface area contributed by atoms with Gasteiger partial charge in [-0.15, -0.1) is 0 Å². The number of benzene rings is 1. The number of amides is 2. The van der Waals surface area contributed by atoms with Crippen LogP contribution in [0.25, 0.3) is 0 Å². The van der Waals surface area contributed by atoms with Gasteiger partial charge >= 0.3 is 18.1 Å². The summed E-state index contributed by atoms with van der Waals surface area (Å²) in [7, 11) is 1.31. The number of carbonyl (C=O) groups is 4. The van der Waals surface area contributed by atoms with E-state index in [0.29, 0.717) is 29.0 Å². The molecule has 36 heavy (non-hydrogen) atoms. The van der Waals surface area contributed by atoms with E-state index in [1.165, 1.54) is 23.8 Å². The van der Waals surface area contributed by atoms with Crippen molar-refractivity contribution in [1.29, 1.82) is 0 Å². The largest absolute Gasteiger partial charge is 0.490 e. The highest BCUT2D eigenvalue weighted by Gasteiger charge is 2.71. The number of carbonyl (C=O) groups excluding carboxylic acids is 3. The molecular formula is C22H23ClF3N3O6S. The zero-order valence-electron chi connectivity index (χ0n) is 19.4. The van der Waals surface area contributed by atoms with E-state index in [-0.39, 0.29) is 17.9 Å². The van der Waals surface area contributed by atoms with Gasteiger partial charge in [-0.3, -0.25) is 19.5 Å². The Morgan fingerprint density at radius 1 is 1.25 bits per heavy atom. The summed E-state index contributed by atoms with van der Waals surface area (Å²) in [4.78, 5) is 55.5. The van der Waals surface area contributed by atoms with Crippen LogP contribution in [0.1, 0.15) is 19.4 Å². The summed E-state index contributed by atoms with van der Waals surface area (Å²) in [5.41, 5.74) is -0.197. The molecule has 3 heterocycles. The zero-order chi connectivity index (χ0) is 27.0. The number of carboxylic acids is 1. The fourth-order valence-electron chi connectivity index (χ4n) is 4.76. The number of fused-ring (bicyclic) bond motifs is 3. The number of carboxylic acid groups (broad SMARTS) is 1. The minimum Gasteiger partial charge on any atom is -0.475 e. The Hall–Kier alpha value is -2.80. The second-order valence-corrected chi connectivity index (χ2v) is 9.72. The molecule has 0 unspecified atom stereocenters. The molecule has 14 heteroatoms. The van der Waals surface area contributed by atoms with Crippen LogP contribution in [0, 0.1) is 11.8 Å². The molecule has 0 bridgehead atoms. The predicted octanol–water partition coefficient (Wildman–Crippen LogP) is 2.81. The van der Waals surface area contributed by atoms with E-state index in [0.717, 1.165) is 5.56 Å². The molecule has 0 saturated carbocycles. The maximum atomic E-state index is 13.0. The number of alkyl halides is 3. The van der Waals surface area contributed by atoms with E-state index >= 15 is 0 Å². The van der Waals surface area contributed by atoms with Gasteiger partial charge in [0.15, 0.2) is 5.17 Å². The summed E-state index contributed by atoms with van der Waals surface area (Å²) >= 11 is 7.43. The van der Waals surface area contributed by atoms with E-state index in [1.54, 1.807) is 13.8 Å². The molecule has 3 aliphatic heterocycles. The Kier molecular flexibility index (Phi) is 7.94. The lowest BCUT2D eigenvalue weighted by atomic mass is 9.81. The Morgan fingerprint density at radius 2 is 1.83 bits per heavy atom. The Bertz CT molecular complexity index is 1100. The number of likely N-dealkylation sites (tertiary alicyclic amines) is 1. The number of hydrogen-bond donors (Lipinski definition) is 1. The Balaban J connectivity index is 0.000000454. The molecule has 2 fully saturated rings. The molecule has 0 spiro atoms. The normalized spacial score (nSPS) is 26.8. The maximum absolute atomic E-state index is 13.0. The molecule has 3 aliphatic rings. The van der Waals surface area contributed by atoms with Gasteiger partial charge < -0.3 is 14.7 Å². The molecule has 0 aromatic heterocycles. The zero-order valence-corrected chi connectivity index (χ0v) is 21.0. The van der Waals surface area contributed by atoms with Crippen LogP contribution in [0.3, 0.4) is 0 Å². The van der Waals surface area contributed by atoms with E-state index < -0.39 is 35.5 Å². The fourth-order valence-corrected chi connectivity index (χ4v) is 6.00. The first-order chi connectivity index (χ1) is 16.8. The number of hydrogen-bond acceptors (Lipinski definition) is 8. The number of aliphatic imine (C=N–C) groups is 1. The van der Waals surface area contributed by atoms with Gasteiger partial charge in [-0.25, -0.2) is 9.59 Å². The van der Waals surface area contributed by atoms with Crippen LogP contribution < -0.4 is 0 Å². The lowest BCUT2D eigenvalue weighted by Gasteiger charge is -2.37. The van der Waals surface area contributed by atoms with Gasteiger partial charge in [0.25, 0.3) is 0 Å². The number of methoxy groups -OCH3 is 1. The number of imide groups is 1. The van der Waals surface area contributed by atoms with Crippen LogP contribution in [0.15, 0.2) is 29.3 Å². The van der Waals surface area contributed by atoms with Crippen LogP contribution in [0.2, 0.25) is 5.02 Å². The van der Waals surface area contributed by atoms with Crippen LogP contribution in [0.4, 0.5) is 13.2 Å². The van der Waals surface area contributed by atoms with Gasteiger partial charge in [-0.2, -0.15) is 13.2 Å². The van der Waals surface area contributed by atoms with Gasteiger partial charge in [-0.1, -0.05) is 35.5 Å². The molecular weight excluding hydrogens is 527 g/mol. The fraction of sp³-hybridized carbons (Fsp3) is 0.500. The molecule has 1 aromatic rings. The number of aliphatic carboxylic acids is 1. The Morgan fingerprint density at radius 3 is 2.33 bits per heavy atom. The van der Waals surface area contributed by atoms with Crippen molar-refractivity contribution in [2.45, 2.75) is 37.4 Å². The third-order valence-corrected chi connectivity index (χ3v) is 7.67. The highest BCUT2D eigenvalue weighted by molar-refractivity contribution is 8.13. The second-order valence-electron chi connectivity index (χ2n) is 8.34.